The fourth-order valence-electron chi connectivity index (χ4n) is 3.22. The van der Waals surface area contributed by atoms with Crippen molar-refractivity contribution < 1.29 is 4.21 Å². The number of likely N-dealkylation sites (tertiary alicyclic amines) is 1. The lowest BCUT2D eigenvalue weighted by Gasteiger charge is -2.39. The first-order chi connectivity index (χ1) is 8.12. The van der Waals surface area contributed by atoms with Crippen LogP contribution < -0.4 is 0 Å². The minimum absolute atomic E-state index is 0.188. The molecule has 0 aliphatic carbocycles. The Bertz CT molecular complexity index is 476. The molecule has 3 nitrogen and oxygen atoms in total. The van der Waals surface area contributed by atoms with Crippen molar-refractivity contribution >= 4 is 11.0 Å². The van der Waals surface area contributed by atoms with Crippen LogP contribution in [0, 0.1) is 0 Å². The van der Waals surface area contributed by atoms with Crippen LogP contribution in [0.3, 0.4) is 0 Å². The molecule has 0 saturated carbocycles. The van der Waals surface area contributed by atoms with Crippen molar-refractivity contribution in [1.29, 1.82) is 0 Å². The maximum atomic E-state index is 12.3. The van der Waals surface area contributed by atoms with Crippen molar-refractivity contribution in [2.45, 2.75) is 16.7 Å². The van der Waals surface area contributed by atoms with Crippen molar-refractivity contribution in [3.05, 3.63) is 29.8 Å². The standard InChI is InChI=1S/C13H18N2OS/c1-14-8-7-13(9-14)10-15(2)17(16)12-6-4-3-5-11(12)13/h3-6H,7-10H2,1-2H3. The number of hydrogen-bond donors (Lipinski definition) is 0. The molecule has 2 heterocycles. The topological polar surface area (TPSA) is 23.6 Å². The Balaban J connectivity index is 2.14. The molecule has 2 unspecified atom stereocenters. The minimum atomic E-state index is -0.978. The van der Waals surface area contributed by atoms with E-state index in [0.717, 1.165) is 24.5 Å². The van der Waals surface area contributed by atoms with Gasteiger partial charge in [0.2, 0.25) is 0 Å². The van der Waals surface area contributed by atoms with Crippen LogP contribution in [-0.4, -0.2) is 47.1 Å². The van der Waals surface area contributed by atoms with E-state index >= 15 is 0 Å². The van der Waals surface area contributed by atoms with Crippen LogP contribution in [0.5, 0.6) is 0 Å². The van der Waals surface area contributed by atoms with Crippen LogP contribution in [0.15, 0.2) is 29.2 Å². The molecule has 17 heavy (non-hydrogen) atoms. The number of rotatable bonds is 0. The summed E-state index contributed by atoms with van der Waals surface area (Å²) in [4.78, 5) is 3.38. The molecule has 1 fully saturated rings. The fourth-order valence-corrected chi connectivity index (χ4v) is 4.59. The summed E-state index contributed by atoms with van der Waals surface area (Å²) < 4.78 is 14.2. The normalized spacial score (nSPS) is 34.1. The lowest BCUT2D eigenvalue weighted by Crippen LogP contribution is -2.46. The fraction of sp³-hybridized carbons (Fsp3) is 0.538. The summed E-state index contributed by atoms with van der Waals surface area (Å²) in [5.41, 5.74) is 1.49. The van der Waals surface area contributed by atoms with Gasteiger partial charge in [-0.25, -0.2) is 8.51 Å². The van der Waals surface area contributed by atoms with E-state index in [9.17, 15) is 4.21 Å². The summed E-state index contributed by atoms with van der Waals surface area (Å²) in [6, 6.07) is 8.24. The van der Waals surface area contributed by atoms with Gasteiger partial charge in [-0.3, -0.25) is 0 Å². The molecule has 0 N–H and O–H groups in total. The smallest absolute Gasteiger partial charge is 0.127 e. The third kappa shape index (κ3) is 1.66. The SMILES string of the molecule is CN1CCC2(C1)CN(C)S(=O)c1ccccc12. The van der Waals surface area contributed by atoms with Gasteiger partial charge in [-0.1, -0.05) is 18.2 Å². The van der Waals surface area contributed by atoms with E-state index < -0.39 is 11.0 Å². The summed E-state index contributed by atoms with van der Waals surface area (Å²) >= 11 is 0. The number of hydrogen-bond acceptors (Lipinski definition) is 2. The average Bonchev–Trinajstić information content (AvgIpc) is 2.69. The first-order valence-electron chi connectivity index (χ1n) is 6.03. The van der Waals surface area contributed by atoms with Gasteiger partial charge in [-0.05, 0) is 31.6 Å². The van der Waals surface area contributed by atoms with Crippen molar-refractivity contribution in [2.75, 3.05) is 33.7 Å². The second kappa shape index (κ2) is 3.90. The van der Waals surface area contributed by atoms with Crippen molar-refractivity contribution in [1.82, 2.24) is 9.21 Å². The van der Waals surface area contributed by atoms with E-state index in [1.54, 1.807) is 0 Å². The zero-order valence-corrected chi connectivity index (χ0v) is 11.2. The molecule has 0 radical (unpaired) electrons. The van der Waals surface area contributed by atoms with Gasteiger partial charge in [-0.15, -0.1) is 0 Å². The van der Waals surface area contributed by atoms with Crippen LogP contribution in [0.4, 0.5) is 0 Å². The Hall–Kier alpha value is -0.710. The van der Waals surface area contributed by atoms with Gasteiger partial charge in [0, 0.05) is 25.6 Å². The highest BCUT2D eigenvalue weighted by atomic mass is 32.2. The minimum Gasteiger partial charge on any atom is -0.305 e. The summed E-state index contributed by atoms with van der Waals surface area (Å²) in [6.45, 7) is 3.11. The molecule has 1 saturated heterocycles. The predicted octanol–water partition coefficient (Wildman–Crippen LogP) is 1.23. The monoisotopic (exact) mass is 250 g/mol. The van der Waals surface area contributed by atoms with E-state index in [1.165, 1.54) is 12.0 Å². The third-order valence-corrected chi connectivity index (χ3v) is 5.43. The molecule has 92 valence electrons. The van der Waals surface area contributed by atoms with Crippen LogP contribution in [0.1, 0.15) is 12.0 Å². The summed E-state index contributed by atoms with van der Waals surface area (Å²) in [5.74, 6) is 0. The molecule has 3 rings (SSSR count). The van der Waals surface area contributed by atoms with Gasteiger partial charge >= 0.3 is 0 Å². The van der Waals surface area contributed by atoms with Crippen molar-refractivity contribution in [3.8, 4) is 0 Å². The van der Waals surface area contributed by atoms with Gasteiger partial charge in [0.1, 0.15) is 11.0 Å². The second-order valence-corrected chi connectivity index (χ2v) is 6.86. The maximum absolute atomic E-state index is 12.3. The first-order valence-corrected chi connectivity index (χ1v) is 7.14. The third-order valence-electron chi connectivity index (χ3n) is 4.00. The average molecular weight is 250 g/mol. The Kier molecular flexibility index (Phi) is 2.61. The molecule has 1 spiro atoms. The molecule has 0 aromatic heterocycles. The maximum Gasteiger partial charge on any atom is 0.127 e. The second-order valence-electron chi connectivity index (χ2n) is 5.30. The Morgan fingerprint density at radius 2 is 2.00 bits per heavy atom. The summed E-state index contributed by atoms with van der Waals surface area (Å²) in [7, 11) is 3.16. The van der Waals surface area contributed by atoms with E-state index in [-0.39, 0.29) is 5.41 Å². The van der Waals surface area contributed by atoms with Crippen LogP contribution in [0.2, 0.25) is 0 Å². The highest BCUT2D eigenvalue weighted by molar-refractivity contribution is 7.82. The number of benzene rings is 1. The molecule has 2 aliphatic heterocycles. The highest BCUT2D eigenvalue weighted by Crippen LogP contribution is 2.41. The molecular formula is C13H18N2OS. The molecular weight excluding hydrogens is 232 g/mol. The van der Waals surface area contributed by atoms with Crippen molar-refractivity contribution in [3.63, 3.8) is 0 Å². The lowest BCUT2D eigenvalue weighted by atomic mass is 9.79. The van der Waals surface area contributed by atoms with Crippen LogP contribution in [0.25, 0.3) is 0 Å². The van der Waals surface area contributed by atoms with Crippen LogP contribution in [-0.2, 0) is 16.4 Å². The Labute approximate surface area is 105 Å². The van der Waals surface area contributed by atoms with Gasteiger partial charge in [-0.2, -0.15) is 0 Å². The largest absolute Gasteiger partial charge is 0.305 e. The molecule has 2 aliphatic rings. The summed E-state index contributed by atoms with van der Waals surface area (Å²) in [5, 5.41) is 0. The molecule has 1 aromatic carbocycles. The van der Waals surface area contributed by atoms with Crippen molar-refractivity contribution in [2.24, 2.45) is 0 Å². The Morgan fingerprint density at radius 3 is 2.71 bits per heavy atom. The number of fused-ring (bicyclic) bond motifs is 2. The molecule has 0 amide bonds. The van der Waals surface area contributed by atoms with Gasteiger partial charge in [0.05, 0.1) is 4.90 Å². The summed E-state index contributed by atoms with van der Waals surface area (Å²) in [6.07, 6.45) is 1.17. The van der Waals surface area contributed by atoms with Gasteiger partial charge in [0.15, 0.2) is 0 Å². The molecule has 4 heteroatoms. The predicted molar refractivity (Wildman–Crippen MR) is 69.3 cm³/mol. The molecule has 0 bridgehead atoms. The quantitative estimate of drug-likeness (QED) is 0.691. The zero-order chi connectivity index (χ0) is 12.0. The van der Waals surface area contributed by atoms with Crippen LogP contribution >= 0.6 is 0 Å². The first kappa shape index (κ1) is 11.4. The number of likely N-dealkylation sites (N-methyl/N-ethyl adjacent to an activating group) is 2. The van der Waals surface area contributed by atoms with E-state index in [4.69, 9.17) is 0 Å². The van der Waals surface area contributed by atoms with Gasteiger partial charge in [0.25, 0.3) is 0 Å². The van der Waals surface area contributed by atoms with E-state index in [1.807, 2.05) is 23.5 Å². The molecule has 2 atom stereocenters. The van der Waals surface area contributed by atoms with Gasteiger partial charge < -0.3 is 4.90 Å². The van der Waals surface area contributed by atoms with E-state index in [2.05, 4.69) is 24.1 Å². The van der Waals surface area contributed by atoms with E-state index in [0.29, 0.717) is 0 Å². The lowest BCUT2D eigenvalue weighted by molar-refractivity contribution is 0.308. The molecule has 1 aromatic rings. The Morgan fingerprint density at radius 1 is 1.24 bits per heavy atom. The zero-order valence-electron chi connectivity index (χ0n) is 10.3. The number of nitrogens with zero attached hydrogens (tertiary/aromatic N) is 2. The highest BCUT2D eigenvalue weighted by Gasteiger charge is 2.45.